The molecule has 1 aliphatic heterocycles. The molecule has 0 radical (unpaired) electrons. The van der Waals surface area contributed by atoms with Crippen molar-refractivity contribution in [3.8, 4) is 5.75 Å². The lowest BCUT2D eigenvalue weighted by atomic mass is 9.92. The first-order chi connectivity index (χ1) is 11.0. The number of hydrogen-bond donors (Lipinski definition) is 1. The minimum absolute atomic E-state index is 0.172. The van der Waals surface area contributed by atoms with Crippen LogP contribution in [-0.2, 0) is 0 Å². The highest BCUT2D eigenvalue weighted by Gasteiger charge is 2.28. The second kappa shape index (κ2) is 6.63. The van der Waals surface area contributed by atoms with Crippen molar-refractivity contribution in [1.29, 1.82) is 0 Å². The van der Waals surface area contributed by atoms with Gasteiger partial charge in [0.1, 0.15) is 11.6 Å². The molecule has 1 atom stereocenters. The van der Waals surface area contributed by atoms with E-state index in [1.165, 1.54) is 0 Å². The second-order valence-electron chi connectivity index (χ2n) is 6.58. The van der Waals surface area contributed by atoms with Gasteiger partial charge in [-0.15, -0.1) is 0 Å². The van der Waals surface area contributed by atoms with Gasteiger partial charge in [0.05, 0.1) is 0 Å². The average molecular weight is 329 g/mol. The molecule has 0 fully saturated rings. The summed E-state index contributed by atoms with van der Waals surface area (Å²) in [5.41, 5.74) is 1.25. The SMILES string of the molecule is CC1(C)CN=C(C(Oc2ccc(Cl)cc2)c2ccccc2)NC1. The lowest BCUT2D eigenvalue weighted by molar-refractivity contribution is 0.258. The van der Waals surface area contributed by atoms with Crippen LogP contribution in [0.25, 0.3) is 0 Å². The Kier molecular flexibility index (Phi) is 4.58. The van der Waals surface area contributed by atoms with Crippen LogP contribution in [-0.4, -0.2) is 18.9 Å². The summed E-state index contributed by atoms with van der Waals surface area (Å²) < 4.78 is 6.21. The Morgan fingerprint density at radius 2 is 1.78 bits per heavy atom. The van der Waals surface area contributed by atoms with Gasteiger partial charge < -0.3 is 10.1 Å². The predicted molar refractivity (Wildman–Crippen MR) is 95.3 cm³/mol. The van der Waals surface area contributed by atoms with Gasteiger partial charge in [-0.2, -0.15) is 0 Å². The van der Waals surface area contributed by atoms with E-state index in [9.17, 15) is 0 Å². The van der Waals surface area contributed by atoms with E-state index in [0.29, 0.717) is 5.02 Å². The molecule has 0 saturated heterocycles. The maximum absolute atomic E-state index is 6.21. The van der Waals surface area contributed by atoms with Crippen molar-refractivity contribution in [2.45, 2.75) is 20.0 Å². The van der Waals surface area contributed by atoms with E-state index >= 15 is 0 Å². The van der Waals surface area contributed by atoms with E-state index in [-0.39, 0.29) is 11.5 Å². The van der Waals surface area contributed by atoms with Crippen LogP contribution in [0.3, 0.4) is 0 Å². The maximum Gasteiger partial charge on any atom is 0.180 e. The third kappa shape index (κ3) is 4.05. The fraction of sp³-hybridized carbons (Fsp3) is 0.316. The van der Waals surface area contributed by atoms with Gasteiger partial charge in [0.25, 0.3) is 0 Å². The maximum atomic E-state index is 6.21. The minimum Gasteiger partial charge on any atom is -0.478 e. The fourth-order valence-corrected chi connectivity index (χ4v) is 2.60. The normalized spacial score (nSPS) is 17.8. The average Bonchev–Trinajstić information content (AvgIpc) is 2.56. The van der Waals surface area contributed by atoms with Gasteiger partial charge in [-0.25, -0.2) is 0 Å². The van der Waals surface area contributed by atoms with Gasteiger partial charge in [0, 0.05) is 23.5 Å². The van der Waals surface area contributed by atoms with Crippen molar-refractivity contribution < 1.29 is 4.74 Å². The zero-order chi connectivity index (χ0) is 16.3. The molecule has 4 heteroatoms. The van der Waals surface area contributed by atoms with Crippen LogP contribution >= 0.6 is 11.6 Å². The van der Waals surface area contributed by atoms with Gasteiger partial charge in [-0.1, -0.05) is 55.8 Å². The number of rotatable bonds is 4. The van der Waals surface area contributed by atoms with Crippen LogP contribution in [0, 0.1) is 5.41 Å². The van der Waals surface area contributed by atoms with Gasteiger partial charge in [0.2, 0.25) is 0 Å². The number of hydrogen-bond acceptors (Lipinski definition) is 3. The zero-order valence-electron chi connectivity index (χ0n) is 13.4. The summed E-state index contributed by atoms with van der Waals surface area (Å²) in [6, 6.07) is 17.6. The number of ether oxygens (including phenoxy) is 1. The summed E-state index contributed by atoms with van der Waals surface area (Å²) in [5.74, 6) is 1.66. The van der Waals surface area contributed by atoms with Crippen LogP contribution in [0.5, 0.6) is 5.75 Å². The molecule has 1 N–H and O–H groups in total. The first-order valence-corrected chi connectivity index (χ1v) is 8.17. The zero-order valence-corrected chi connectivity index (χ0v) is 14.2. The van der Waals surface area contributed by atoms with E-state index in [1.807, 2.05) is 42.5 Å². The highest BCUT2D eigenvalue weighted by atomic mass is 35.5. The highest BCUT2D eigenvalue weighted by Crippen LogP contribution is 2.27. The number of benzene rings is 2. The molecule has 1 heterocycles. The van der Waals surface area contributed by atoms with E-state index in [0.717, 1.165) is 30.2 Å². The Bertz CT molecular complexity index is 680. The molecule has 0 bridgehead atoms. The van der Waals surface area contributed by atoms with E-state index in [2.05, 4.69) is 31.3 Å². The van der Waals surface area contributed by atoms with Crippen LogP contribution in [0.15, 0.2) is 59.6 Å². The van der Waals surface area contributed by atoms with Crippen molar-refractivity contribution in [2.75, 3.05) is 13.1 Å². The molecule has 0 saturated carbocycles. The molecule has 120 valence electrons. The Morgan fingerprint density at radius 1 is 1.09 bits per heavy atom. The van der Waals surface area contributed by atoms with Gasteiger partial charge in [-0.3, -0.25) is 4.99 Å². The summed E-state index contributed by atoms with van der Waals surface area (Å²) in [5, 5.41) is 4.14. The molecule has 2 aromatic rings. The molecular weight excluding hydrogens is 308 g/mol. The summed E-state index contributed by atoms with van der Waals surface area (Å²) in [6.45, 7) is 6.09. The van der Waals surface area contributed by atoms with Crippen molar-refractivity contribution in [3.63, 3.8) is 0 Å². The minimum atomic E-state index is -0.242. The standard InChI is InChI=1S/C19H21ClN2O/c1-19(2)12-21-18(22-13-19)17(14-6-4-3-5-7-14)23-16-10-8-15(20)9-11-16/h3-11,17H,12-13H2,1-2H3,(H,21,22). The number of nitrogens with zero attached hydrogens (tertiary/aromatic N) is 1. The monoisotopic (exact) mass is 328 g/mol. The van der Waals surface area contributed by atoms with Gasteiger partial charge in [0.15, 0.2) is 6.10 Å². The van der Waals surface area contributed by atoms with Crippen LogP contribution in [0.2, 0.25) is 5.02 Å². The van der Waals surface area contributed by atoms with Crippen molar-refractivity contribution in [1.82, 2.24) is 5.32 Å². The molecule has 2 aromatic carbocycles. The fourth-order valence-electron chi connectivity index (χ4n) is 2.48. The molecule has 0 aromatic heterocycles. The van der Waals surface area contributed by atoms with E-state index in [4.69, 9.17) is 21.3 Å². The molecule has 0 amide bonds. The lowest BCUT2D eigenvalue weighted by Crippen LogP contribution is -2.44. The summed E-state index contributed by atoms with van der Waals surface area (Å²) in [7, 11) is 0. The predicted octanol–water partition coefficient (Wildman–Crippen LogP) is 4.49. The Labute approximate surface area is 142 Å². The number of nitrogens with one attached hydrogen (secondary N) is 1. The number of amidine groups is 1. The van der Waals surface area contributed by atoms with Crippen molar-refractivity contribution in [2.24, 2.45) is 10.4 Å². The molecule has 0 spiro atoms. The summed E-state index contributed by atoms with van der Waals surface area (Å²) in [4.78, 5) is 4.73. The highest BCUT2D eigenvalue weighted by molar-refractivity contribution is 6.30. The first kappa shape index (κ1) is 15.9. The van der Waals surface area contributed by atoms with Crippen molar-refractivity contribution >= 4 is 17.4 Å². The molecule has 3 nitrogen and oxygen atoms in total. The third-order valence-corrected chi connectivity index (χ3v) is 4.10. The van der Waals surface area contributed by atoms with Crippen LogP contribution in [0.1, 0.15) is 25.5 Å². The largest absolute Gasteiger partial charge is 0.478 e. The quantitative estimate of drug-likeness (QED) is 0.897. The van der Waals surface area contributed by atoms with Gasteiger partial charge >= 0.3 is 0 Å². The van der Waals surface area contributed by atoms with E-state index in [1.54, 1.807) is 0 Å². The number of halogens is 1. The number of aliphatic imine (C=N–C) groups is 1. The summed E-state index contributed by atoms with van der Waals surface area (Å²) in [6.07, 6.45) is -0.242. The molecule has 1 aliphatic rings. The van der Waals surface area contributed by atoms with Crippen LogP contribution in [0.4, 0.5) is 0 Å². The molecule has 1 unspecified atom stereocenters. The Hall–Kier alpha value is -2.00. The van der Waals surface area contributed by atoms with E-state index < -0.39 is 0 Å². The summed E-state index contributed by atoms with van der Waals surface area (Å²) >= 11 is 5.95. The smallest absolute Gasteiger partial charge is 0.180 e. The molecule has 0 aliphatic carbocycles. The first-order valence-electron chi connectivity index (χ1n) is 7.79. The molecule has 23 heavy (non-hydrogen) atoms. The Balaban J connectivity index is 1.88. The van der Waals surface area contributed by atoms with Crippen LogP contribution < -0.4 is 10.1 Å². The van der Waals surface area contributed by atoms with Gasteiger partial charge in [-0.05, 0) is 29.8 Å². The van der Waals surface area contributed by atoms with Crippen molar-refractivity contribution in [3.05, 3.63) is 65.2 Å². The molecular formula is C19H21ClN2O. The topological polar surface area (TPSA) is 33.6 Å². The second-order valence-corrected chi connectivity index (χ2v) is 7.02. The molecule has 3 rings (SSSR count). The third-order valence-electron chi connectivity index (χ3n) is 3.84. The lowest BCUT2D eigenvalue weighted by Gasteiger charge is -2.32. The Morgan fingerprint density at radius 3 is 2.39 bits per heavy atom.